The number of alkyl halides is 1. The van der Waals surface area contributed by atoms with Gasteiger partial charge >= 0.3 is 33.8 Å². The molecule has 0 aliphatic rings. The van der Waals surface area contributed by atoms with Gasteiger partial charge in [-0.25, -0.2) is 0 Å². The normalized spacial score (nSPS) is 5.08. The number of carbonyl (C=O) groups is 2. The molecule has 0 amide bonds. The van der Waals surface area contributed by atoms with Crippen molar-refractivity contribution in [2.75, 3.05) is 5.33 Å². The zero-order valence-electron chi connectivity index (χ0n) is 5.25. The van der Waals surface area contributed by atoms with Crippen LogP contribution in [0.25, 0.3) is 0 Å². The van der Waals surface area contributed by atoms with Gasteiger partial charge in [0.2, 0.25) is 0 Å². The van der Waals surface area contributed by atoms with Crippen LogP contribution in [0.1, 0.15) is 0 Å². The van der Waals surface area contributed by atoms with Gasteiger partial charge in [0.15, 0.2) is 0 Å². The molecular formula is C3H3Br2CoMnO5+. The monoisotopic (exact) mass is 391 g/mol. The molecule has 0 aromatic heterocycles. The SMILES string of the molecule is Br.O=C([O-])CBr.O=C([O-])[O-].[Co+2].[Mn+2]. The van der Waals surface area contributed by atoms with Crippen LogP contribution in [0.5, 0.6) is 0 Å². The van der Waals surface area contributed by atoms with E-state index in [1.165, 1.54) is 0 Å². The predicted molar refractivity (Wildman–Crippen MR) is 34.5 cm³/mol. The van der Waals surface area contributed by atoms with E-state index in [1.807, 2.05) is 0 Å². The molecule has 0 aromatic carbocycles. The van der Waals surface area contributed by atoms with Crippen LogP contribution in [0.15, 0.2) is 0 Å². The molecule has 0 N–H and O–H groups in total. The smallest absolute Gasteiger partial charge is 0.652 e. The van der Waals surface area contributed by atoms with E-state index in [2.05, 4.69) is 15.9 Å². The maximum Gasteiger partial charge on any atom is 2.00 e. The van der Waals surface area contributed by atoms with Crippen LogP contribution in [0.4, 0.5) is 4.79 Å². The molecule has 0 atom stereocenters. The van der Waals surface area contributed by atoms with Gasteiger partial charge < -0.3 is 24.9 Å². The molecule has 0 aliphatic carbocycles. The molecule has 0 aliphatic heterocycles. The molecule has 0 heterocycles. The summed E-state index contributed by atoms with van der Waals surface area (Å²) in [6.45, 7) is 0. The van der Waals surface area contributed by atoms with Crippen molar-refractivity contribution in [2.45, 2.75) is 0 Å². The summed E-state index contributed by atoms with van der Waals surface area (Å²) < 4.78 is 0. The van der Waals surface area contributed by atoms with Crippen molar-refractivity contribution in [3.8, 4) is 0 Å². The van der Waals surface area contributed by atoms with E-state index in [0.29, 0.717) is 0 Å². The van der Waals surface area contributed by atoms with Crippen LogP contribution in [0, 0.1) is 0 Å². The van der Waals surface area contributed by atoms with Crippen molar-refractivity contribution in [2.24, 2.45) is 0 Å². The van der Waals surface area contributed by atoms with E-state index in [4.69, 9.17) is 15.0 Å². The Bertz CT molecular complexity index is 109. The number of aliphatic carboxylic acids is 1. The Labute approximate surface area is 108 Å². The minimum atomic E-state index is -2.33. The van der Waals surface area contributed by atoms with Gasteiger partial charge in [-0.2, -0.15) is 0 Å². The van der Waals surface area contributed by atoms with Crippen molar-refractivity contribution in [1.29, 1.82) is 0 Å². The van der Waals surface area contributed by atoms with Gasteiger partial charge in [-0.05, 0) is 6.16 Å². The fourth-order valence-electron chi connectivity index (χ4n) is 0. The van der Waals surface area contributed by atoms with E-state index >= 15 is 0 Å². The Kier molecular flexibility index (Phi) is 55.2. The second-order valence-corrected chi connectivity index (χ2v) is 1.32. The molecule has 0 aromatic rings. The molecule has 0 saturated heterocycles. The number of hydrogen-bond acceptors (Lipinski definition) is 5. The third-order valence-electron chi connectivity index (χ3n) is 0.109. The summed E-state index contributed by atoms with van der Waals surface area (Å²) in [4.78, 5) is 17.5. The first-order chi connectivity index (χ1) is 4.00. The van der Waals surface area contributed by atoms with Gasteiger partial charge in [0, 0.05) is 5.33 Å². The summed E-state index contributed by atoms with van der Waals surface area (Å²) in [5.41, 5.74) is 0. The van der Waals surface area contributed by atoms with E-state index in [1.54, 1.807) is 0 Å². The van der Waals surface area contributed by atoms with Crippen molar-refractivity contribution in [1.82, 2.24) is 0 Å². The Morgan fingerprint density at radius 2 is 1.25 bits per heavy atom. The summed E-state index contributed by atoms with van der Waals surface area (Å²) in [6, 6.07) is 0. The number of hydrogen-bond donors (Lipinski definition) is 0. The zero-order valence-corrected chi connectivity index (χ0v) is 10.8. The molecular weight excluding hydrogens is 390 g/mol. The Hall–Kier alpha value is 0.726. The first kappa shape index (κ1) is 29.3. The fraction of sp³-hybridized carbons (Fsp3) is 0.333. The largest absolute Gasteiger partial charge is 2.00 e. The second kappa shape index (κ2) is 22.6. The number of carbonyl (C=O) groups excluding carboxylic acids is 2. The number of rotatable bonds is 1. The predicted octanol–water partition coefficient (Wildman–Crippen LogP) is -2.74. The van der Waals surface area contributed by atoms with E-state index in [9.17, 15) is 9.90 Å². The Balaban J connectivity index is -0.0000000221. The zero-order chi connectivity index (χ0) is 7.86. The third-order valence-corrected chi connectivity index (χ3v) is 0.567. The molecule has 74 valence electrons. The number of carboxylic acids is 1. The van der Waals surface area contributed by atoms with Gasteiger partial charge in [0.05, 0.1) is 5.97 Å². The molecule has 0 rings (SSSR count). The summed E-state index contributed by atoms with van der Waals surface area (Å²) >= 11 is 2.65. The molecule has 5 nitrogen and oxygen atoms in total. The van der Waals surface area contributed by atoms with Crippen molar-refractivity contribution < 1.29 is 58.8 Å². The molecule has 0 spiro atoms. The minimum Gasteiger partial charge on any atom is -0.652 e. The summed E-state index contributed by atoms with van der Waals surface area (Å²) in [7, 11) is 0. The fourth-order valence-corrected chi connectivity index (χ4v) is 0. The van der Waals surface area contributed by atoms with Crippen LogP contribution in [-0.2, 0) is 38.6 Å². The average molecular weight is 393 g/mol. The van der Waals surface area contributed by atoms with Crippen LogP contribution >= 0.6 is 32.9 Å². The minimum absolute atomic E-state index is 0. The number of halogens is 2. The standard InChI is InChI=1S/C2H3BrO2.CH2O3.BrH.Co.Mn/c3-1-2(4)5;2-1(3)4;;;/h1H2,(H,4,5);(H2,2,3,4);1H;;/q;;;2*+2/p-3. The van der Waals surface area contributed by atoms with E-state index in [-0.39, 0.29) is 56.2 Å². The molecule has 2 radical (unpaired) electrons. The molecule has 0 saturated carbocycles. The molecule has 12 heavy (non-hydrogen) atoms. The number of carboxylic acid groups (broad SMARTS) is 3. The average Bonchev–Trinajstić information content (AvgIpc) is 1.65. The quantitative estimate of drug-likeness (QED) is 0.356. The maximum atomic E-state index is 9.21. The Morgan fingerprint density at radius 3 is 1.25 bits per heavy atom. The van der Waals surface area contributed by atoms with Crippen molar-refractivity contribution >= 4 is 45.0 Å². The van der Waals surface area contributed by atoms with Gasteiger partial charge in [0.25, 0.3) is 0 Å². The van der Waals surface area contributed by atoms with Crippen LogP contribution in [0.3, 0.4) is 0 Å². The molecule has 0 fully saturated rings. The summed E-state index contributed by atoms with van der Waals surface area (Å²) in [6.07, 6.45) is -2.33. The first-order valence-electron chi connectivity index (χ1n) is 1.64. The second-order valence-electron chi connectivity index (χ2n) is 0.756. The summed E-state index contributed by atoms with van der Waals surface area (Å²) in [5.74, 6) is -1.08. The maximum absolute atomic E-state index is 9.21. The molecule has 0 bridgehead atoms. The Morgan fingerprint density at radius 1 is 1.17 bits per heavy atom. The first-order valence-corrected chi connectivity index (χ1v) is 2.76. The van der Waals surface area contributed by atoms with Crippen LogP contribution in [0.2, 0.25) is 0 Å². The third kappa shape index (κ3) is 137. The van der Waals surface area contributed by atoms with Gasteiger partial charge in [0.1, 0.15) is 0 Å². The molecule has 0 unspecified atom stereocenters. The van der Waals surface area contributed by atoms with Crippen LogP contribution < -0.4 is 15.3 Å². The molecule has 9 heteroatoms. The van der Waals surface area contributed by atoms with Gasteiger partial charge in [-0.1, -0.05) is 15.9 Å². The van der Waals surface area contributed by atoms with Crippen LogP contribution in [-0.4, -0.2) is 17.5 Å². The topological polar surface area (TPSA) is 103 Å². The van der Waals surface area contributed by atoms with Crippen molar-refractivity contribution in [3.63, 3.8) is 0 Å². The summed E-state index contributed by atoms with van der Waals surface area (Å²) in [5, 5.41) is 25.8. The van der Waals surface area contributed by atoms with Gasteiger partial charge in [-0.15, -0.1) is 17.0 Å². The van der Waals surface area contributed by atoms with E-state index < -0.39 is 12.1 Å². The van der Waals surface area contributed by atoms with Crippen molar-refractivity contribution in [3.05, 3.63) is 0 Å². The van der Waals surface area contributed by atoms with E-state index in [0.717, 1.165) is 0 Å². The van der Waals surface area contributed by atoms with Gasteiger partial charge in [-0.3, -0.25) is 0 Å².